The maximum atomic E-state index is 10.8. The molecule has 3 aromatic rings. The van der Waals surface area contributed by atoms with Gasteiger partial charge in [-0.15, -0.1) is 0 Å². The lowest BCUT2D eigenvalue weighted by Gasteiger charge is -2.02. The van der Waals surface area contributed by atoms with Gasteiger partial charge < -0.3 is 4.42 Å². The first kappa shape index (κ1) is 12.1. The van der Waals surface area contributed by atoms with Crippen molar-refractivity contribution >= 4 is 33.3 Å². The van der Waals surface area contributed by atoms with Gasteiger partial charge in [-0.3, -0.25) is 4.79 Å². The Kier molecular flexibility index (Phi) is 2.95. The minimum Gasteiger partial charge on any atom is -0.436 e. The van der Waals surface area contributed by atoms with Crippen LogP contribution in [0.3, 0.4) is 0 Å². The summed E-state index contributed by atoms with van der Waals surface area (Å²) in [4.78, 5) is 15.2. The second kappa shape index (κ2) is 4.63. The number of rotatable bonds is 2. The fourth-order valence-corrected chi connectivity index (χ4v) is 2.34. The van der Waals surface area contributed by atoms with Crippen molar-refractivity contribution in [2.24, 2.45) is 0 Å². The third-order valence-electron chi connectivity index (χ3n) is 3.05. The van der Waals surface area contributed by atoms with E-state index in [1.807, 2.05) is 25.1 Å². The first-order chi connectivity index (χ1) is 9.19. The van der Waals surface area contributed by atoms with Crippen LogP contribution in [-0.2, 0) is 0 Å². The van der Waals surface area contributed by atoms with E-state index in [0.29, 0.717) is 22.6 Å². The van der Waals surface area contributed by atoms with Crippen LogP contribution in [0.2, 0.25) is 0 Å². The molecule has 0 amide bonds. The number of carbonyl (C=O) groups excluding carboxylic acids is 1. The molecule has 0 aliphatic rings. The van der Waals surface area contributed by atoms with Crippen molar-refractivity contribution in [2.45, 2.75) is 6.92 Å². The highest BCUT2D eigenvalue weighted by atomic mass is 79.9. The third kappa shape index (κ3) is 2.08. The zero-order valence-corrected chi connectivity index (χ0v) is 11.8. The van der Waals surface area contributed by atoms with Gasteiger partial charge >= 0.3 is 0 Å². The molecule has 0 N–H and O–H groups in total. The van der Waals surface area contributed by atoms with Crippen molar-refractivity contribution in [2.75, 3.05) is 0 Å². The lowest BCUT2D eigenvalue weighted by molar-refractivity contribution is 0.112. The SMILES string of the molecule is Cc1c(Br)cccc1-c1nc2cc(C=O)ccc2o1. The van der Waals surface area contributed by atoms with Gasteiger partial charge in [0, 0.05) is 15.6 Å². The summed E-state index contributed by atoms with van der Waals surface area (Å²) in [6.45, 7) is 2.01. The monoisotopic (exact) mass is 315 g/mol. The molecule has 1 aromatic heterocycles. The van der Waals surface area contributed by atoms with E-state index in [1.165, 1.54) is 0 Å². The molecular weight excluding hydrogens is 306 g/mol. The van der Waals surface area contributed by atoms with E-state index in [9.17, 15) is 4.79 Å². The quantitative estimate of drug-likeness (QED) is 0.659. The smallest absolute Gasteiger partial charge is 0.227 e. The number of carbonyl (C=O) groups is 1. The van der Waals surface area contributed by atoms with Crippen LogP contribution in [0.4, 0.5) is 0 Å². The van der Waals surface area contributed by atoms with Gasteiger partial charge in [0.25, 0.3) is 0 Å². The predicted octanol–water partition coefficient (Wildman–Crippen LogP) is 4.38. The molecule has 4 heteroatoms. The fraction of sp³-hybridized carbons (Fsp3) is 0.0667. The summed E-state index contributed by atoms with van der Waals surface area (Å²) in [6, 6.07) is 11.1. The first-order valence-electron chi connectivity index (χ1n) is 5.80. The minimum atomic E-state index is 0.567. The Morgan fingerprint density at radius 1 is 1.26 bits per heavy atom. The van der Waals surface area contributed by atoms with Crippen LogP contribution in [-0.4, -0.2) is 11.3 Å². The van der Waals surface area contributed by atoms with Crippen LogP contribution in [0.1, 0.15) is 15.9 Å². The van der Waals surface area contributed by atoms with E-state index in [2.05, 4.69) is 20.9 Å². The molecular formula is C15H10BrNO2. The van der Waals surface area contributed by atoms with Gasteiger partial charge in [0.15, 0.2) is 5.58 Å². The molecule has 0 atom stereocenters. The second-order valence-corrected chi connectivity index (χ2v) is 5.13. The van der Waals surface area contributed by atoms with Gasteiger partial charge in [-0.05, 0) is 42.8 Å². The van der Waals surface area contributed by atoms with E-state index in [0.717, 1.165) is 21.9 Å². The summed E-state index contributed by atoms with van der Waals surface area (Å²) in [5, 5.41) is 0. The summed E-state index contributed by atoms with van der Waals surface area (Å²) >= 11 is 3.49. The Morgan fingerprint density at radius 3 is 2.89 bits per heavy atom. The largest absolute Gasteiger partial charge is 0.436 e. The minimum absolute atomic E-state index is 0.567. The van der Waals surface area contributed by atoms with E-state index in [4.69, 9.17) is 4.42 Å². The van der Waals surface area contributed by atoms with Gasteiger partial charge in [-0.25, -0.2) is 4.98 Å². The Morgan fingerprint density at radius 2 is 2.11 bits per heavy atom. The van der Waals surface area contributed by atoms with Crippen LogP contribution in [0.25, 0.3) is 22.6 Å². The van der Waals surface area contributed by atoms with Gasteiger partial charge in [-0.2, -0.15) is 0 Å². The first-order valence-corrected chi connectivity index (χ1v) is 6.59. The molecule has 94 valence electrons. The summed E-state index contributed by atoms with van der Waals surface area (Å²) in [7, 11) is 0. The lowest BCUT2D eigenvalue weighted by Crippen LogP contribution is -1.84. The number of hydrogen-bond donors (Lipinski definition) is 0. The predicted molar refractivity (Wildman–Crippen MR) is 77.3 cm³/mol. The number of hydrogen-bond acceptors (Lipinski definition) is 3. The number of aromatic nitrogens is 1. The summed E-state index contributed by atoms with van der Waals surface area (Å²) in [5.74, 6) is 0.567. The molecule has 0 spiro atoms. The van der Waals surface area contributed by atoms with Crippen molar-refractivity contribution < 1.29 is 9.21 Å². The van der Waals surface area contributed by atoms with Crippen LogP contribution in [0.15, 0.2) is 45.3 Å². The van der Waals surface area contributed by atoms with Gasteiger partial charge in [-0.1, -0.05) is 22.0 Å². The van der Waals surface area contributed by atoms with Crippen LogP contribution < -0.4 is 0 Å². The maximum Gasteiger partial charge on any atom is 0.227 e. The Hall–Kier alpha value is -1.94. The zero-order chi connectivity index (χ0) is 13.4. The van der Waals surface area contributed by atoms with Crippen molar-refractivity contribution in [3.05, 3.63) is 52.0 Å². The molecule has 3 nitrogen and oxygen atoms in total. The number of fused-ring (bicyclic) bond motifs is 1. The molecule has 1 heterocycles. The van der Waals surface area contributed by atoms with Crippen molar-refractivity contribution in [3.8, 4) is 11.5 Å². The lowest BCUT2D eigenvalue weighted by atomic mass is 10.1. The molecule has 0 saturated carbocycles. The standard InChI is InChI=1S/C15H10BrNO2/c1-9-11(3-2-4-12(9)16)15-17-13-7-10(8-18)5-6-14(13)19-15/h2-8H,1H3. The van der Waals surface area contributed by atoms with Crippen molar-refractivity contribution in [3.63, 3.8) is 0 Å². The molecule has 3 rings (SSSR count). The molecule has 2 aromatic carbocycles. The molecule has 0 aliphatic heterocycles. The van der Waals surface area contributed by atoms with Gasteiger partial charge in [0.1, 0.15) is 11.8 Å². The molecule has 0 aliphatic carbocycles. The van der Waals surface area contributed by atoms with Gasteiger partial charge in [0.2, 0.25) is 5.89 Å². The normalized spacial score (nSPS) is 10.8. The van der Waals surface area contributed by atoms with Crippen molar-refractivity contribution in [1.82, 2.24) is 4.98 Å². The van der Waals surface area contributed by atoms with E-state index >= 15 is 0 Å². The number of nitrogens with zero attached hydrogens (tertiary/aromatic N) is 1. The summed E-state index contributed by atoms with van der Waals surface area (Å²) in [6.07, 6.45) is 0.804. The topological polar surface area (TPSA) is 43.1 Å². The molecule has 0 saturated heterocycles. The van der Waals surface area contributed by atoms with E-state index < -0.39 is 0 Å². The highest BCUT2D eigenvalue weighted by molar-refractivity contribution is 9.10. The molecule has 19 heavy (non-hydrogen) atoms. The number of benzene rings is 2. The Balaban J connectivity index is 2.20. The average molecular weight is 316 g/mol. The van der Waals surface area contributed by atoms with Gasteiger partial charge in [0.05, 0.1) is 0 Å². The van der Waals surface area contributed by atoms with E-state index in [-0.39, 0.29) is 0 Å². The van der Waals surface area contributed by atoms with E-state index in [1.54, 1.807) is 18.2 Å². The molecule has 0 fully saturated rings. The highest BCUT2D eigenvalue weighted by Crippen LogP contribution is 2.30. The molecule has 0 bridgehead atoms. The maximum absolute atomic E-state index is 10.8. The Labute approximate surface area is 118 Å². The molecule has 0 unspecified atom stereocenters. The zero-order valence-electron chi connectivity index (χ0n) is 10.2. The summed E-state index contributed by atoms with van der Waals surface area (Å²) in [5.41, 5.74) is 3.99. The van der Waals surface area contributed by atoms with Crippen LogP contribution in [0.5, 0.6) is 0 Å². The summed E-state index contributed by atoms with van der Waals surface area (Å²) < 4.78 is 6.76. The second-order valence-electron chi connectivity index (χ2n) is 4.28. The third-order valence-corrected chi connectivity index (χ3v) is 3.90. The Bertz CT molecular complexity index is 777. The number of oxazole rings is 1. The molecule has 0 radical (unpaired) electrons. The average Bonchev–Trinajstić information content (AvgIpc) is 2.84. The van der Waals surface area contributed by atoms with Crippen LogP contribution in [0, 0.1) is 6.92 Å². The van der Waals surface area contributed by atoms with Crippen LogP contribution >= 0.6 is 15.9 Å². The number of aldehydes is 1. The van der Waals surface area contributed by atoms with Crippen molar-refractivity contribution in [1.29, 1.82) is 0 Å². The number of halogens is 1. The fourth-order valence-electron chi connectivity index (χ4n) is 1.97. The highest BCUT2D eigenvalue weighted by Gasteiger charge is 2.12.